The number of para-hydroxylation sites is 1. The Labute approximate surface area is 106 Å². The van der Waals surface area contributed by atoms with Crippen LogP contribution in [0.2, 0.25) is 0 Å². The summed E-state index contributed by atoms with van der Waals surface area (Å²) in [6, 6.07) is 14.3. The molecule has 2 aromatic carbocycles. The van der Waals surface area contributed by atoms with Crippen LogP contribution in [0.3, 0.4) is 0 Å². The van der Waals surface area contributed by atoms with Gasteiger partial charge in [-0.25, -0.2) is 0 Å². The van der Waals surface area contributed by atoms with E-state index in [1.54, 1.807) is 31.2 Å². The molecule has 0 bridgehead atoms. The average Bonchev–Trinajstić information content (AvgIpc) is 2.38. The summed E-state index contributed by atoms with van der Waals surface area (Å²) in [6.45, 7) is 2.12. The van der Waals surface area contributed by atoms with Gasteiger partial charge in [0, 0.05) is 5.56 Å². The third kappa shape index (κ3) is 3.02. The molecule has 0 saturated carbocycles. The van der Waals surface area contributed by atoms with E-state index < -0.39 is 6.10 Å². The van der Waals surface area contributed by atoms with Crippen LogP contribution in [0.4, 0.5) is 0 Å². The first-order valence-corrected chi connectivity index (χ1v) is 5.84. The van der Waals surface area contributed by atoms with Gasteiger partial charge in [0.15, 0.2) is 0 Å². The largest absolute Gasteiger partial charge is 0.508 e. The second-order valence-corrected chi connectivity index (χ2v) is 4.17. The van der Waals surface area contributed by atoms with Crippen molar-refractivity contribution in [3.05, 3.63) is 59.7 Å². The Balaban J connectivity index is 2.08. The number of hydrogen-bond acceptors (Lipinski definition) is 3. The molecule has 1 atom stereocenters. The van der Waals surface area contributed by atoms with E-state index in [2.05, 4.69) is 0 Å². The van der Waals surface area contributed by atoms with Gasteiger partial charge >= 0.3 is 0 Å². The molecule has 0 aromatic heterocycles. The molecule has 0 fully saturated rings. The van der Waals surface area contributed by atoms with Crippen molar-refractivity contribution in [1.82, 2.24) is 0 Å². The minimum atomic E-state index is -0.555. The molecule has 0 heterocycles. The first kappa shape index (κ1) is 12.5. The maximum Gasteiger partial charge on any atom is 0.125 e. The Hall–Kier alpha value is -2.00. The highest BCUT2D eigenvalue weighted by Gasteiger charge is 2.08. The predicted molar refractivity (Wildman–Crippen MR) is 69.5 cm³/mol. The van der Waals surface area contributed by atoms with Crippen LogP contribution < -0.4 is 4.74 Å². The van der Waals surface area contributed by atoms with E-state index in [4.69, 9.17) is 4.74 Å². The second kappa shape index (κ2) is 5.56. The number of rotatable bonds is 4. The lowest BCUT2D eigenvalue weighted by Gasteiger charge is -2.13. The molecule has 2 N–H and O–H groups in total. The smallest absolute Gasteiger partial charge is 0.125 e. The van der Waals surface area contributed by atoms with Crippen LogP contribution in [0.15, 0.2) is 48.5 Å². The number of aliphatic hydroxyl groups excluding tert-OH is 1. The third-order valence-corrected chi connectivity index (χ3v) is 2.70. The fourth-order valence-electron chi connectivity index (χ4n) is 1.71. The molecule has 0 radical (unpaired) electrons. The normalized spacial score (nSPS) is 12.1. The van der Waals surface area contributed by atoms with Gasteiger partial charge in [-0.3, -0.25) is 0 Å². The van der Waals surface area contributed by atoms with Gasteiger partial charge in [0.2, 0.25) is 0 Å². The minimum Gasteiger partial charge on any atom is -0.508 e. The number of hydrogen-bond donors (Lipinski definition) is 2. The molecule has 2 aromatic rings. The summed E-state index contributed by atoms with van der Waals surface area (Å²) in [5.74, 6) is 0.920. The summed E-state index contributed by atoms with van der Waals surface area (Å²) >= 11 is 0. The van der Waals surface area contributed by atoms with Gasteiger partial charge in [-0.15, -0.1) is 0 Å². The highest BCUT2D eigenvalue weighted by Crippen LogP contribution is 2.25. The van der Waals surface area contributed by atoms with Crippen LogP contribution in [-0.2, 0) is 6.61 Å². The van der Waals surface area contributed by atoms with Crippen molar-refractivity contribution in [2.24, 2.45) is 0 Å². The lowest BCUT2D eigenvalue weighted by atomic mass is 10.1. The quantitative estimate of drug-likeness (QED) is 0.869. The van der Waals surface area contributed by atoms with E-state index in [1.165, 1.54) is 0 Å². The molecule has 2 rings (SSSR count). The zero-order chi connectivity index (χ0) is 13.0. The maximum absolute atomic E-state index is 9.63. The van der Waals surface area contributed by atoms with Crippen LogP contribution in [0, 0.1) is 0 Å². The summed E-state index contributed by atoms with van der Waals surface area (Å²) in [5, 5.41) is 18.8. The van der Waals surface area contributed by atoms with Crippen molar-refractivity contribution < 1.29 is 14.9 Å². The SMILES string of the molecule is C[C@H](O)c1ccccc1OCc1ccc(O)cc1. The zero-order valence-corrected chi connectivity index (χ0v) is 10.2. The third-order valence-electron chi connectivity index (χ3n) is 2.70. The molecular formula is C15H16O3. The summed E-state index contributed by atoms with van der Waals surface area (Å²) in [6.07, 6.45) is -0.555. The van der Waals surface area contributed by atoms with Gasteiger partial charge in [0.25, 0.3) is 0 Å². The van der Waals surface area contributed by atoms with Crippen molar-refractivity contribution in [3.63, 3.8) is 0 Å². The van der Waals surface area contributed by atoms with E-state index >= 15 is 0 Å². The average molecular weight is 244 g/mol. The number of ether oxygens (including phenoxy) is 1. The Morgan fingerprint density at radius 1 is 1.06 bits per heavy atom. The van der Waals surface area contributed by atoms with Crippen molar-refractivity contribution in [2.45, 2.75) is 19.6 Å². The van der Waals surface area contributed by atoms with Crippen LogP contribution in [-0.4, -0.2) is 10.2 Å². The second-order valence-electron chi connectivity index (χ2n) is 4.17. The molecule has 0 saturated heterocycles. The minimum absolute atomic E-state index is 0.239. The molecule has 94 valence electrons. The first-order valence-electron chi connectivity index (χ1n) is 5.84. The van der Waals surface area contributed by atoms with Crippen molar-refractivity contribution in [3.8, 4) is 11.5 Å². The number of benzene rings is 2. The summed E-state index contributed by atoms with van der Waals surface area (Å²) < 4.78 is 5.68. The van der Waals surface area contributed by atoms with Crippen molar-refractivity contribution in [2.75, 3.05) is 0 Å². The fourth-order valence-corrected chi connectivity index (χ4v) is 1.71. The molecular weight excluding hydrogens is 228 g/mol. The summed E-state index contributed by atoms with van der Waals surface area (Å²) in [5.41, 5.74) is 1.74. The van der Waals surface area contributed by atoms with E-state index in [9.17, 15) is 10.2 Å². The molecule has 0 spiro atoms. The lowest BCUT2D eigenvalue weighted by molar-refractivity contribution is 0.190. The number of phenolic OH excluding ortho intramolecular Hbond substituents is 1. The predicted octanol–water partition coefficient (Wildman–Crippen LogP) is 3.02. The van der Waals surface area contributed by atoms with E-state index in [0.717, 1.165) is 11.1 Å². The Kier molecular flexibility index (Phi) is 3.85. The number of aliphatic hydroxyl groups is 1. The van der Waals surface area contributed by atoms with Crippen LogP contribution in [0.25, 0.3) is 0 Å². The molecule has 18 heavy (non-hydrogen) atoms. The molecule has 0 amide bonds. The molecule has 0 unspecified atom stereocenters. The van der Waals surface area contributed by atoms with Gasteiger partial charge in [-0.05, 0) is 30.7 Å². The van der Waals surface area contributed by atoms with Gasteiger partial charge in [0.1, 0.15) is 18.1 Å². The van der Waals surface area contributed by atoms with Gasteiger partial charge in [-0.1, -0.05) is 30.3 Å². The fraction of sp³-hybridized carbons (Fsp3) is 0.200. The molecule has 0 aliphatic heterocycles. The van der Waals surface area contributed by atoms with Gasteiger partial charge in [-0.2, -0.15) is 0 Å². The molecule has 3 nitrogen and oxygen atoms in total. The maximum atomic E-state index is 9.63. The van der Waals surface area contributed by atoms with Crippen LogP contribution >= 0.6 is 0 Å². The Morgan fingerprint density at radius 2 is 1.72 bits per heavy atom. The van der Waals surface area contributed by atoms with Crippen LogP contribution in [0.5, 0.6) is 11.5 Å². The lowest BCUT2D eigenvalue weighted by Crippen LogP contribution is -2.00. The number of aromatic hydroxyl groups is 1. The highest BCUT2D eigenvalue weighted by atomic mass is 16.5. The first-order chi connectivity index (χ1) is 8.66. The van der Waals surface area contributed by atoms with Crippen LogP contribution in [0.1, 0.15) is 24.2 Å². The molecule has 3 heteroatoms. The van der Waals surface area contributed by atoms with E-state index in [0.29, 0.717) is 12.4 Å². The Morgan fingerprint density at radius 3 is 2.39 bits per heavy atom. The molecule has 0 aliphatic rings. The van der Waals surface area contributed by atoms with Crippen molar-refractivity contribution >= 4 is 0 Å². The van der Waals surface area contributed by atoms with E-state index in [-0.39, 0.29) is 5.75 Å². The highest BCUT2D eigenvalue weighted by molar-refractivity contribution is 5.35. The topological polar surface area (TPSA) is 49.7 Å². The van der Waals surface area contributed by atoms with Gasteiger partial charge in [0.05, 0.1) is 6.10 Å². The summed E-state index contributed by atoms with van der Waals surface area (Å²) in [7, 11) is 0. The Bertz CT molecular complexity index is 503. The molecule has 0 aliphatic carbocycles. The monoisotopic (exact) mass is 244 g/mol. The standard InChI is InChI=1S/C15H16O3/c1-11(16)14-4-2-3-5-15(14)18-10-12-6-8-13(17)9-7-12/h2-9,11,16-17H,10H2,1H3/t11-/m0/s1. The van der Waals surface area contributed by atoms with Gasteiger partial charge < -0.3 is 14.9 Å². The number of phenols is 1. The van der Waals surface area contributed by atoms with E-state index in [1.807, 2.05) is 24.3 Å². The summed E-state index contributed by atoms with van der Waals surface area (Å²) in [4.78, 5) is 0. The van der Waals surface area contributed by atoms with Crippen molar-refractivity contribution in [1.29, 1.82) is 0 Å². The zero-order valence-electron chi connectivity index (χ0n) is 10.2.